The van der Waals surface area contributed by atoms with Gasteiger partial charge in [-0.1, -0.05) is 37.6 Å². The lowest BCUT2D eigenvalue weighted by molar-refractivity contribution is -0.138. The molecule has 0 saturated carbocycles. The molecule has 1 aromatic carbocycles. The molecule has 0 bridgehead atoms. The zero-order valence-electron chi connectivity index (χ0n) is 16.3. The Morgan fingerprint density at radius 2 is 2.07 bits per heavy atom. The lowest BCUT2D eigenvalue weighted by Crippen LogP contribution is -2.35. The van der Waals surface area contributed by atoms with Crippen molar-refractivity contribution < 1.29 is 24.3 Å². The Morgan fingerprint density at radius 1 is 1.32 bits per heavy atom. The Hall–Kier alpha value is -2.64. The number of nitrogens with one attached hydrogen (secondary N) is 1. The number of ether oxygens (including phenoxy) is 2. The molecule has 2 atom stereocenters. The summed E-state index contributed by atoms with van der Waals surface area (Å²) in [4.78, 5) is 25.5. The van der Waals surface area contributed by atoms with Crippen LogP contribution in [0, 0.1) is 0 Å². The van der Waals surface area contributed by atoms with Gasteiger partial charge in [-0.2, -0.15) is 0 Å². The molecule has 7 heteroatoms. The molecule has 2 rings (SSSR count). The average Bonchev–Trinajstić information content (AvgIpc) is 3.17. The number of hydrogen-bond donors (Lipinski definition) is 2. The molecule has 0 radical (unpaired) electrons. The first-order valence-electron chi connectivity index (χ1n) is 9.50. The van der Waals surface area contributed by atoms with Crippen LogP contribution in [0.25, 0.3) is 0 Å². The molecule has 28 heavy (non-hydrogen) atoms. The standard InChI is InChI=1S/C21H28N2O5/c1-3-4-10-18(22-26)13-14-23(16(2)24)20-12-11-19(28-20)15-27-21(25)17-8-6-5-7-9-17/h5-10,13-14,19-20,22,26H,3-4,11-12,15H2,1-2H3/b14-13-,18-10?. The highest BCUT2D eigenvalue weighted by atomic mass is 16.6. The Kier molecular flexibility index (Phi) is 8.71. The fourth-order valence-electron chi connectivity index (χ4n) is 2.86. The van der Waals surface area contributed by atoms with Crippen molar-refractivity contribution in [1.82, 2.24) is 10.4 Å². The van der Waals surface area contributed by atoms with Crippen LogP contribution in [-0.4, -0.2) is 40.9 Å². The van der Waals surface area contributed by atoms with Crippen molar-refractivity contribution in [2.45, 2.75) is 51.9 Å². The van der Waals surface area contributed by atoms with Gasteiger partial charge in [0, 0.05) is 13.1 Å². The molecule has 7 nitrogen and oxygen atoms in total. The molecular formula is C21H28N2O5. The van der Waals surface area contributed by atoms with E-state index in [4.69, 9.17) is 9.47 Å². The van der Waals surface area contributed by atoms with E-state index in [-0.39, 0.29) is 18.6 Å². The second-order valence-electron chi connectivity index (χ2n) is 6.56. The summed E-state index contributed by atoms with van der Waals surface area (Å²) in [5, 5.41) is 9.17. The van der Waals surface area contributed by atoms with Crippen molar-refractivity contribution in [3.8, 4) is 0 Å². The molecule has 2 unspecified atom stereocenters. The van der Waals surface area contributed by atoms with Gasteiger partial charge in [-0.15, -0.1) is 0 Å². The van der Waals surface area contributed by atoms with Crippen molar-refractivity contribution >= 4 is 11.9 Å². The zero-order valence-corrected chi connectivity index (χ0v) is 16.3. The largest absolute Gasteiger partial charge is 0.459 e. The maximum Gasteiger partial charge on any atom is 0.338 e. The molecule has 0 aliphatic carbocycles. The minimum absolute atomic E-state index is 0.138. The van der Waals surface area contributed by atoms with Gasteiger partial charge in [-0.05, 0) is 37.5 Å². The zero-order chi connectivity index (χ0) is 20.4. The Morgan fingerprint density at radius 3 is 2.71 bits per heavy atom. The fourth-order valence-corrected chi connectivity index (χ4v) is 2.86. The first kappa shape index (κ1) is 21.7. The van der Waals surface area contributed by atoms with Crippen molar-refractivity contribution in [2.24, 2.45) is 0 Å². The first-order chi connectivity index (χ1) is 13.5. The van der Waals surface area contributed by atoms with Crippen molar-refractivity contribution in [1.29, 1.82) is 0 Å². The third-order valence-electron chi connectivity index (χ3n) is 4.37. The molecule has 152 valence electrons. The van der Waals surface area contributed by atoms with E-state index in [1.54, 1.807) is 36.5 Å². The van der Waals surface area contributed by atoms with E-state index >= 15 is 0 Å². The molecule has 1 aromatic rings. The Bertz CT molecular complexity index is 702. The van der Waals surface area contributed by atoms with Gasteiger partial charge in [-0.25, -0.2) is 4.79 Å². The number of esters is 1. The van der Waals surface area contributed by atoms with E-state index in [0.29, 0.717) is 24.1 Å². The number of nitrogens with zero attached hydrogens (tertiary/aromatic N) is 1. The monoisotopic (exact) mass is 388 g/mol. The number of carbonyl (C=O) groups excluding carboxylic acids is 2. The Labute approximate surface area is 165 Å². The van der Waals surface area contributed by atoms with Gasteiger partial charge in [0.1, 0.15) is 12.8 Å². The van der Waals surface area contributed by atoms with Crippen LogP contribution in [0.3, 0.4) is 0 Å². The first-order valence-corrected chi connectivity index (χ1v) is 9.50. The summed E-state index contributed by atoms with van der Waals surface area (Å²) < 4.78 is 11.2. The molecule has 1 amide bonds. The lowest BCUT2D eigenvalue weighted by atomic mass is 10.2. The van der Waals surface area contributed by atoms with E-state index in [1.807, 2.05) is 19.1 Å². The SMILES string of the molecule is CCCC=C(/C=C\N(C(C)=O)C1CCC(COC(=O)c2ccccc2)O1)NO. The number of hydrogen-bond acceptors (Lipinski definition) is 6. The number of benzene rings is 1. The van der Waals surface area contributed by atoms with Crippen LogP contribution >= 0.6 is 0 Å². The molecule has 1 aliphatic heterocycles. The highest BCUT2D eigenvalue weighted by Gasteiger charge is 2.31. The third-order valence-corrected chi connectivity index (χ3v) is 4.37. The second-order valence-corrected chi connectivity index (χ2v) is 6.56. The molecule has 0 spiro atoms. The maximum absolute atomic E-state index is 12.0. The van der Waals surface area contributed by atoms with Crippen LogP contribution in [0.5, 0.6) is 0 Å². The van der Waals surface area contributed by atoms with Gasteiger partial charge in [-0.3, -0.25) is 20.4 Å². The summed E-state index contributed by atoms with van der Waals surface area (Å²) in [6.45, 7) is 3.63. The highest BCUT2D eigenvalue weighted by molar-refractivity contribution is 5.89. The van der Waals surface area contributed by atoms with Gasteiger partial charge < -0.3 is 9.47 Å². The van der Waals surface area contributed by atoms with E-state index < -0.39 is 12.2 Å². The van der Waals surface area contributed by atoms with Gasteiger partial charge in [0.25, 0.3) is 0 Å². The molecular weight excluding hydrogens is 360 g/mol. The van der Waals surface area contributed by atoms with Crippen molar-refractivity contribution in [3.05, 3.63) is 59.9 Å². The van der Waals surface area contributed by atoms with Crippen LogP contribution < -0.4 is 5.48 Å². The van der Waals surface area contributed by atoms with E-state index in [1.165, 1.54) is 11.8 Å². The molecule has 0 aromatic heterocycles. The molecule has 1 fully saturated rings. The lowest BCUT2D eigenvalue weighted by Gasteiger charge is -2.24. The number of rotatable bonds is 9. The van der Waals surface area contributed by atoms with Gasteiger partial charge in [0.05, 0.1) is 17.4 Å². The topological polar surface area (TPSA) is 88.1 Å². The predicted molar refractivity (Wildman–Crippen MR) is 104 cm³/mol. The third kappa shape index (κ3) is 6.51. The summed E-state index contributed by atoms with van der Waals surface area (Å²) >= 11 is 0. The number of hydroxylamine groups is 1. The van der Waals surface area contributed by atoms with Gasteiger partial charge >= 0.3 is 5.97 Å². The normalized spacial score (nSPS) is 19.6. The van der Waals surface area contributed by atoms with Gasteiger partial charge in [0.2, 0.25) is 5.91 Å². The summed E-state index contributed by atoms with van der Waals surface area (Å²) in [7, 11) is 0. The predicted octanol–water partition coefficient (Wildman–Crippen LogP) is 3.37. The minimum atomic E-state index is -0.430. The fraction of sp³-hybridized carbons (Fsp3) is 0.429. The average molecular weight is 388 g/mol. The number of amides is 1. The summed E-state index contributed by atoms with van der Waals surface area (Å²) in [5.41, 5.74) is 3.12. The molecule has 1 saturated heterocycles. The summed E-state index contributed by atoms with van der Waals surface area (Å²) in [6.07, 6.45) is 7.44. The van der Waals surface area contributed by atoms with Crippen LogP contribution in [0.2, 0.25) is 0 Å². The smallest absolute Gasteiger partial charge is 0.338 e. The van der Waals surface area contributed by atoms with E-state index in [9.17, 15) is 14.8 Å². The van der Waals surface area contributed by atoms with Crippen molar-refractivity contribution in [3.63, 3.8) is 0 Å². The number of allylic oxidation sites excluding steroid dienone is 2. The molecule has 2 N–H and O–H groups in total. The van der Waals surface area contributed by atoms with Crippen LogP contribution in [0.4, 0.5) is 0 Å². The molecule has 1 aliphatic rings. The quantitative estimate of drug-likeness (QED) is 0.383. The van der Waals surface area contributed by atoms with E-state index in [2.05, 4.69) is 5.48 Å². The number of unbranched alkanes of at least 4 members (excludes halogenated alkanes) is 1. The Balaban J connectivity index is 1.90. The van der Waals surface area contributed by atoms with E-state index in [0.717, 1.165) is 12.8 Å². The van der Waals surface area contributed by atoms with Crippen LogP contribution in [-0.2, 0) is 14.3 Å². The maximum atomic E-state index is 12.0. The molecule has 1 heterocycles. The van der Waals surface area contributed by atoms with Gasteiger partial charge in [0.15, 0.2) is 0 Å². The van der Waals surface area contributed by atoms with Crippen molar-refractivity contribution in [2.75, 3.05) is 6.61 Å². The minimum Gasteiger partial charge on any atom is -0.459 e. The number of carbonyl (C=O) groups is 2. The second kappa shape index (κ2) is 11.3. The highest BCUT2D eigenvalue weighted by Crippen LogP contribution is 2.24. The summed E-state index contributed by atoms with van der Waals surface area (Å²) in [6, 6.07) is 8.78. The van der Waals surface area contributed by atoms with Crippen LogP contribution in [0.1, 0.15) is 49.9 Å². The van der Waals surface area contributed by atoms with Crippen LogP contribution in [0.15, 0.2) is 54.4 Å². The summed E-state index contributed by atoms with van der Waals surface area (Å²) in [5.74, 6) is -0.563.